The van der Waals surface area contributed by atoms with E-state index in [1.807, 2.05) is 6.07 Å². The highest BCUT2D eigenvalue weighted by molar-refractivity contribution is 5.85. The summed E-state index contributed by atoms with van der Waals surface area (Å²) < 4.78 is 0. The number of aromatic nitrogens is 2. The van der Waals surface area contributed by atoms with Crippen LogP contribution in [0.15, 0.2) is 6.07 Å². The van der Waals surface area contributed by atoms with Gasteiger partial charge in [-0.3, -0.25) is 0 Å². The molecule has 3 rings (SSSR count). The number of hydrogen-bond acceptors (Lipinski definition) is 7. The minimum atomic E-state index is -0.123. The van der Waals surface area contributed by atoms with E-state index < -0.39 is 0 Å². The summed E-state index contributed by atoms with van der Waals surface area (Å²) in [5.74, 6) is 1.53. The van der Waals surface area contributed by atoms with Gasteiger partial charge in [-0.1, -0.05) is 0 Å². The van der Waals surface area contributed by atoms with E-state index in [2.05, 4.69) is 20.2 Å². The fourth-order valence-corrected chi connectivity index (χ4v) is 3.17. The average Bonchev–Trinajstić information content (AvgIpc) is 2.45. The Kier molecular flexibility index (Phi) is 8.45. The number of nitrogens with two attached hydrogens (primary N) is 2. The molecule has 138 valence electrons. The highest BCUT2D eigenvalue weighted by atomic mass is 35.5. The molecule has 2 heterocycles. The summed E-state index contributed by atoms with van der Waals surface area (Å²) in [6.07, 6.45) is 3.57. The number of piperidine rings is 1. The number of nitrogens with one attached hydrogen (secondary N) is 1. The van der Waals surface area contributed by atoms with E-state index in [1.54, 1.807) is 0 Å². The van der Waals surface area contributed by atoms with Crippen LogP contribution < -0.4 is 16.8 Å². The van der Waals surface area contributed by atoms with Crippen LogP contribution in [0.3, 0.4) is 0 Å². The van der Waals surface area contributed by atoms with Crippen LogP contribution in [0.5, 0.6) is 0 Å². The molecule has 1 saturated carbocycles. The van der Waals surface area contributed by atoms with Crippen molar-refractivity contribution in [1.29, 1.82) is 0 Å². The summed E-state index contributed by atoms with van der Waals surface area (Å²) in [6.45, 7) is 3.68. The van der Waals surface area contributed by atoms with Crippen molar-refractivity contribution in [1.82, 2.24) is 14.9 Å². The summed E-state index contributed by atoms with van der Waals surface area (Å²) >= 11 is 0. The lowest BCUT2D eigenvalue weighted by atomic mass is 9.78. The Hall–Kier alpha value is -0.860. The van der Waals surface area contributed by atoms with Gasteiger partial charge in [0.1, 0.15) is 5.82 Å². The first kappa shape index (κ1) is 21.2. The first-order valence-electron chi connectivity index (χ1n) is 8.14. The molecular formula is C15H28Cl2N6O. The first-order valence-corrected chi connectivity index (χ1v) is 8.14. The second kappa shape index (κ2) is 9.58. The molecule has 0 spiro atoms. The van der Waals surface area contributed by atoms with Crippen molar-refractivity contribution in [3.05, 3.63) is 11.8 Å². The number of nitrogens with zero attached hydrogens (tertiary/aromatic N) is 3. The van der Waals surface area contributed by atoms with Gasteiger partial charge in [-0.05, 0) is 25.7 Å². The molecule has 0 bridgehead atoms. The number of aliphatic hydroxyl groups excluding tert-OH is 1. The Morgan fingerprint density at radius 2 is 1.88 bits per heavy atom. The van der Waals surface area contributed by atoms with Gasteiger partial charge in [-0.2, -0.15) is 4.98 Å². The third-order valence-corrected chi connectivity index (χ3v) is 4.65. The number of nitrogen functional groups attached to an aromatic ring is 1. The van der Waals surface area contributed by atoms with Crippen molar-refractivity contribution in [2.45, 2.75) is 43.7 Å². The van der Waals surface area contributed by atoms with Gasteiger partial charge in [-0.15, -0.1) is 24.8 Å². The predicted octanol–water partition coefficient (Wildman–Crippen LogP) is 0.976. The normalized spacial score (nSPS) is 24.4. The summed E-state index contributed by atoms with van der Waals surface area (Å²) in [5, 5.41) is 12.8. The van der Waals surface area contributed by atoms with E-state index >= 15 is 0 Å². The van der Waals surface area contributed by atoms with Crippen molar-refractivity contribution in [2.75, 3.05) is 37.2 Å². The molecular weight excluding hydrogens is 351 g/mol. The van der Waals surface area contributed by atoms with Crippen LogP contribution in [0.1, 0.15) is 37.3 Å². The van der Waals surface area contributed by atoms with Crippen molar-refractivity contribution >= 4 is 36.6 Å². The maximum atomic E-state index is 9.51. The fourth-order valence-electron chi connectivity index (χ4n) is 3.17. The van der Waals surface area contributed by atoms with Crippen molar-refractivity contribution < 1.29 is 5.11 Å². The molecule has 0 unspecified atom stereocenters. The lowest BCUT2D eigenvalue weighted by Gasteiger charge is -2.32. The lowest BCUT2D eigenvalue weighted by molar-refractivity contribution is 0.0845. The molecule has 1 aliphatic carbocycles. The Morgan fingerprint density at radius 3 is 2.50 bits per heavy atom. The Bertz CT molecular complexity index is 507. The number of anilines is 2. The molecule has 0 radical (unpaired) electrons. The van der Waals surface area contributed by atoms with E-state index in [0.29, 0.717) is 17.9 Å². The zero-order chi connectivity index (χ0) is 15.5. The number of hydrogen-bond donors (Lipinski definition) is 4. The minimum absolute atomic E-state index is 0. The van der Waals surface area contributed by atoms with Gasteiger partial charge in [0.15, 0.2) is 0 Å². The molecule has 6 N–H and O–H groups in total. The zero-order valence-electron chi connectivity index (χ0n) is 13.7. The van der Waals surface area contributed by atoms with Crippen LogP contribution in [-0.4, -0.2) is 58.3 Å². The molecule has 1 aromatic heterocycles. The molecule has 0 amide bonds. The highest BCUT2D eigenvalue weighted by Crippen LogP contribution is 2.35. The number of halogens is 2. The Labute approximate surface area is 155 Å². The van der Waals surface area contributed by atoms with Gasteiger partial charge in [-0.25, -0.2) is 4.98 Å². The topological polar surface area (TPSA) is 113 Å². The first-order chi connectivity index (χ1) is 10.6. The fraction of sp³-hybridized carbons (Fsp3) is 0.733. The predicted molar refractivity (Wildman–Crippen MR) is 101 cm³/mol. The Balaban J connectivity index is 0.00000144. The number of aliphatic hydroxyl groups is 1. The quantitative estimate of drug-likeness (QED) is 0.603. The Morgan fingerprint density at radius 1 is 1.21 bits per heavy atom. The molecule has 2 fully saturated rings. The molecule has 7 nitrogen and oxygen atoms in total. The third-order valence-electron chi connectivity index (χ3n) is 4.65. The van der Waals surface area contributed by atoms with Gasteiger partial charge >= 0.3 is 0 Å². The lowest BCUT2D eigenvalue weighted by Crippen LogP contribution is -2.38. The monoisotopic (exact) mass is 378 g/mol. The zero-order valence-corrected chi connectivity index (χ0v) is 15.4. The SMILES string of the molecule is Cl.Cl.Nc1nc(NCCN2CCC(O)CC2)cc(C2CC(N)C2)n1. The molecule has 24 heavy (non-hydrogen) atoms. The molecule has 2 aliphatic rings. The van der Waals surface area contributed by atoms with E-state index in [-0.39, 0.29) is 30.9 Å². The van der Waals surface area contributed by atoms with Crippen molar-refractivity contribution in [3.63, 3.8) is 0 Å². The number of likely N-dealkylation sites (tertiary alicyclic amines) is 1. The van der Waals surface area contributed by atoms with Crippen LogP contribution in [0.2, 0.25) is 0 Å². The van der Waals surface area contributed by atoms with Crippen molar-refractivity contribution in [3.8, 4) is 0 Å². The molecule has 9 heteroatoms. The van der Waals surface area contributed by atoms with Gasteiger partial charge in [0, 0.05) is 44.2 Å². The van der Waals surface area contributed by atoms with Gasteiger partial charge < -0.3 is 26.8 Å². The number of rotatable bonds is 5. The smallest absolute Gasteiger partial charge is 0.222 e. The van der Waals surface area contributed by atoms with Crippen LogP contribution in [0, 0.1) is 0 Å². The average molecular weight is 379 g/mol. The van der Waals surface area contributed by atoms with Crippen molar-refractivity contribution in [2.24, 2.45) is 5.73 Å². The summed E-state index contributed by atoms with van der Waals surface area (Å²) in [5.41, 5.74) is 12.6. The summed E-state index contributed by atoms with van der Waals surface area (Å²) in [7, 11) is 0. The van der Waals surface area contributed by atoms with Gasteiger partial charge in [0.25, 0.3) is 0 Å². The molecule has 1 saturated heterocycles. The second-order valence-electron chi connectivity index (χ2n) is 6.46. The van der Waals surface area contributed by atoms with E-state index in [9.17, 15) is 5.11 Å². The van der Waals surface area contributed by atoms with Gasteiger partial charge in [0.2, 0.25) is 5.95 Å². The van der Waals surface area contributed by atoms with Crippen LogP contribution in [0.4, 0.5) is 11.8 Å². The van der Waals surface area contributed by atoms with E-state index in [0.717, 1.165) is 63.4 Å². The molecule has 1 aromatic rings. The standard InChI is InChI=1S/C15H26N6O.2ClH/c16-11-7-10(8-11)13-9-14(20-15(17)19-13)18-3-6-21-4-1-12(22)2-5-21;;/h9-12,22H,1-8,16H2,(H3,17,18,19,20);2*1H. The van der Waals surface area contributed by atoms with Crippen LogP contribution in [-0.2, 0) is 0 Å². The van der Waals surface area contributed by atoms with Gasteiger partial charge in [0.05, 0.1) is 11.8 Å². The summed E-state index contributed by atoms with van der Waals surface area (Å²) in [6, 6.07) is 2.29. The van der Waals surface area contributed by atoms with Crippen LogP contribution in [0.25, 0.3) is 0 Å². The summed E-state index contributed by atoms with van der Waals surface area (Å²) in [4.78, 5) is 10.9. The maximum Gasteiger partial charge on any atom is 0.222 e. The second-order valence-corrected chi connectivity index (χ2v) is 6.46. The van der Waals surface area contributed by atoms with E-state index in [4.69, 9.17) is 11.5 Å². The highest BCUT2D eigenvalue weighted by Gasteiger charge is 2.29. The van der Waals surface area contributed by atoms with E-state index in [1.165, 1.54) is 0 Å². The minimum Gasteiger partial charge on any atom is -0.393 e. The third kappa shape index (κ3) is 5.60. The molecule has 0 atom stereocenters. The largest absolute Gasteiger partial charge is 0.393 e. The maximum absolute atomic E-state index is 9.51. The van der Waals surface area contributed by atoms with Crippen LogP contribution >= 0.6 is 24.8 Å². The molecule has 1 aliphatic heterocycles. The molecule has 0 aromatic carbocycles.